The summed E-state index contributed by atoms with van der Waals surface area (Å²) in [5.41, 5.74) is 3.40. The Morgan fingerprint density at radius 1 is 1.11 bits per heavy atom. The normalized spacial score (nSPS) is 21.2. The van der Waals surface area contributed by atoms with E-state index in [1.165, 1.54) is 0 Å². The van der Waals surface area contributed by atoms with Gasteiger partial charge in [-0.25, -0.2) is 4.39 Å². The number of ether oxygens (including phenoxy) is 2. The van der Waals surface area contributed by atoms with Crippen LogP contribution in [0.3, 0.4) is 0 Å². The Morgan fingerprint density at radius 3 is 2.70 bits per heavy atom. The van der Waals surface area contributed by atoms with Gasteiger partial charge >= 0.3 is 6.01 Å². The molecule has 0 aliphatic carbocycles. The Balaban J connectivity index is 1.35. The third kappa shape index (κ3) is 5.82. The number of halogens is 1. The van der Waals surface area contributed by atoms with Gasteiger partial charge in [0.2, 0.25) is 0 Å². The molecule has 3 aromatic heterocycles. The van der Waals surface area contributed by atoms with Crippen molar-refractivity contribution in [3.63, 3.8) is 0 Å². The molecule has 0 radical (unpaired) electrons. The molecule has 12 heteroatoms. The average molecular weight is 643 g/mol. The van der Waals surface area contributed by atoms with Gasteiger partial charge in [0.25, 0.3) is 6.47 Å². The van der Waals surface area contributed by atoms with Crippen LogP contribution in [-0.4, -0.2) is 94.0 Å². The molecule has 47 heavy (non-hydrogen) atoms. The number of pyridine rings is 1. The predicted molar refractivity (Wildman–Crippen MR) is 180 cm³/mol. The number of benzene rings is 1. The lowest BCUT2D eigenvalue weighted by Gasteiger charge is -2.41. The van der Waals surface area contributed by atoms with Gasteiger partial charge in [-0.2, -0.15) is 15.1 Å². The summed E-state index contributed by atoms with van der Waals surface area (Å²) < 4.78 is 28.4. The summed E-state index contributed by atoms with van der Waals surface area (Å²) in [6.07, 6.45) is 14.3. The molecular weight excluding hydrogens is 599 g/mol. The molecule has 4 aromatic rings. The molecule has 11 nitrogen and oxygen atoms in total. The second kappa shape index (κ2) is 12.8. The van der Waals surface area contributed by atoms with Crippen molar-refractivity contribution in [3.8, 4) is 17.3 Å². The second-order valence-electron chi connectivity index (χ2n) is 13.5. The van der Waals surface area contributed by atoms with Crippen molar-refractivity contribution >= 4 is 40.2 Å². The van der Waals surface area contributed by atoms with Crippen LogP contribution in [-0.2, 0) is 9.53 Å². The van der Waals surface area contributed by atoms with Gasteiger partial charge in [-0.05, 0) is 96.1 Å². The molecule has 0 amide bonds. The molecule has 3 aliphatic heterocycles. The Morgan fingerprint density at radius 2 is 1.91 bits per heavy atom. The fourth-order valence-corrected chi connectivity index (χ4v) is 7.88. The first-order chi connectivity index (χ1) is 22.8. The fraction of sp³-hybridized carbons (Fsp3) is 0.514. The molecule has 0 unspecified atom stereocenters. The van der Waals surface area contributed by atoms with Crippen LogP contribution in [0.25, 0.3) is 39.1 Å². The average Bonchev–Trinajstić information content (AvgIpc) is 3.80. The van der Waals surface area contributed by atoms with Crippen LogP contribution in [0.1, 0.15) is 63.0 Å². The van der Waals surface area contributed by atoms with Crippen molar-refractivity contribution in [1.29, 1.82) is 0 Å². The molecular formula is C35H43FN8O3. The Kier molecular flexibility index (Phi) is 8.56. The van der Waals surface area contributed by atoms with Crippen LogP contribution in [0.4, 0.5) is 10.2 Å². The number of piperidine rings is 1. The molecule has 1 aromatic carbocycles. The number of rotatable bonds is 11. The Labute approximate surface area is 273 Å². The minimum Gasteiger partial charge on any atom is -0.468 e. The highest BCUT2D eigenvalue weighted by Crippen LogP contribution is 2.41. The zero-order valence-electron chi connectivity index (χ0n) is 27.4. The maximum atomic E-state index is 17.1. The van der Waals surface area contributed by atoms with Crippen LogP contribution in [0.15, 0.2) is 24.5 Å². The molecule has 3 saturated heterocycles. The molecule has 0 spiro atoms. The quantitative estimate of drug-likeness (QED) is 0.167. The first-order valence-electron chi connectivity index (χ1n) is 16.7. The number of aryl methyl sites for hydroxylation is 1. The number of carbonyl (C=O) groups is 1. The van der Waals surface area contributed by atoms with Gasteiger partial charge in [0, 0.05) is 35.8 Å². The van der Waals surface area contributed by atoms with Crippen LogP contribution >= 0.6 is 0 Å². The summed E-state index contributed by atoms with van der Waals surface area (Å²) in [6, 6.07) is 2.18. The summed E-state index contributed by atoms with van der Waals surface area (Å²) in [7, 11) is 1.98. The number of H-pyrrole nitrogens is 1. The highest BCUT2D eigenvalue weighted by atomic mass is 19.1. The van der Waals surface area contributed by atoms with Gasteiger partial charge in [0.15, 0.2) is 5.82 Å². The lowest BCUT2D eigenvalue weighted by molar-refractivity contribution is -0.128. The van der Waals surface area contributed by atoms with E-state index >= 15 is 4.39 Å². The number of aromatic nitrogens is 5. The molecule has 3 fully saturated rings. The number of likely N-dealkylation sites (N-methyl/N-ethyl adjacent to an activating group) is 1. The van der Waals surface area contributed by atoms with Crippen molar-refractivity contribution in [2.75, 3.05) is 51.3 Å². The summed E-state index contributed by atoms with van der Waals surface area (Å²) in [5.74, 6) is 0.113. The highest BCUT2D eigenvalue weighted by Gasteiger charge is 2.45. The van der Waals surface area contributed by atoms with Crippen LogP contribution in [0, 0.1) is 12.7 Å². The lowest BCUT2D eigenvalue weighted by Crippen LogP contribution is -2.54. The van der Waals surface area contributed by atoms with Gasteiger partial charge in [-0.3, -0.25) is 19.8 Å². The number of carbonyl (C=O) groups excluding carboxylic acids is 1. The molecule has 0 saturated carbocycles. The van der Waals surface area contributed by atoms with Gasteiger partial charge < -0.3 is 19.7 Å². The van der Waals surface area contributed by atoms with E-state index in [9.17, 15) is 4.79 Å². The maximum Gasteiger partial charge on any atom is 0.319 e. The first-order valence-corrected chi connectivity index (χ1v) is 16.7. The van der Waals surface area contributed by atoms with Crippen LogP contribution < -0.4 is 15.0 Å². The van der Waals surface area contributed by atoms with E-state index in [1.807, 2.05) is 32.2 Å². The molecule has 3 aliphatic rings. The van der Waals surface area contributed by atoms with Gasteiger partial charge in [0.05, 0.1) is 29.2 Å². The predicted octanol–water partition coefficient (Wildman–Crippen LogP) is 5.18. The van der Waals surface area contributed by atoms with E-state index in [-0.39, 0.29) is 34.9 Å². The monoisotopic (exact) mass is 642 g/mol. The highest BCUT2D eigenvalue weighted by molar-refractivity contribution is 6.01. The summed E-state index contributed by atoms with van der Waals surface area (Å²) >= 11 is 0. The largest absolute Gasteiger partial charge is 0.468 e. The van der Waals surface area contributed by atoms with Gasteiger partial charge in [-0.15, -0.1) is 0 Å². The smallest absolute Gasteiger partial charge is 0.319 e. The fourth-order valence-electron chi connectivity index (χ4n) is 7.88. The summed E-state index contributed by atoms with van der Waals surface area (Å²) in [5, 5.41) is 12.1. The van der Waals surface area contributed by atoms with E-state index in [0.29, 0.717) is 42.8 Å². The molecule has 6 heterocycles. The van der Waals surface area contributed by atoms with E-state index in [4.69, 9.17) is 24.4 Å². The number of nitrogens with zero attached hydrogens (tertiary/aromatic N) is 6. The SMILES string of the molecule is CN[C@]1(C)CCCN(c2nc(OCC34CCCN3CCC4)nc3c(F)c(-c4c(/C=C\CCOC=O)c(C)cc5[nH]ncc45)ncc23)C1. The number of hydrogen-bond donors (Lipinski definition) is 2. The number of aromatic amines is 1. The molecule has 7 rings (SSSR count). The van der Waals surface area contributed by atoms with Crippen LogP contribution in [0.2, 0.25) is 0 Å². The molecule has 1 atom stereocenters. The molecule has 2 N–H and O–H groups in total. The topological polar surface area (TPSA) is 121 Å². The number of fused-ring (bicyclic) bond motifs is 3. The third-order valence-corrected chi connectivity index (χ3v) is 10.5. The van der Waals surface area contributed by atoms with E-state index in [1.54, 1.807) is 12.4 Å². The summed E-state index contributed by atoms with van der Waals surface area (Å²) in [6.45, 7) is 9.05. The third-order valence-electron chi connectivity index (χ3n) is 10.5. The minimum atomic E-state index is -0.530. The van der Waals surface area contributed by atoms with Crippen molar-refractivity contribution in [2.45, 2.75) is 69.9 Å². The van der Waals surface area contributed by atoms with E-state index in [0.717, 1.165) is 80.2 Å². The molecule has 0 bridgehead atoms. The van der Waals surface area contributed by atoms with E-state index < -0.39 is 5.82 Å². The van der Waals surface area contributed by atoms with Gasteiger partial charge in [-0.1, -0.05) is 12.2 Å². The van der Waals surface area contributed by atoms with Crippen LogP contribution in [0.5, 0.6) is 6.01 Å². The second-order valence-corrected chi connectivity index (χ2v) is 13.5. The lowest BCUT2D eigenvalue weighted by atomic mass is 9.91. The Bertz CT molecular complexity index is 1820. The zero-order valence-corrected chi connectivity index (χ0v) is 27.4. The van der Waals surface area contributed by atoms with Crippen molar-refractivity contribution < 1.29 is 18.7 Å². The van der Waals surface area contributed by atoms with Crippen molar-refractivity contribution in [3.05, 3.63) is 41.5 Å². The number of anilines is 1. The number of hydrogen-bond acceptors (Lipinski definition) is 10. The summed E-state index contributed by atoms with van der Waals surface area (Å²) in [4.78, 5) is 29.8. The minimum absolute atomic E-state index is 0.00269. The van der Waals surface area contributed by atoms with Crippen molar-refractivity contribution in [2.24, 2.45) is 0 Å². The standard InChI is InChI=1S/C35H43FN8O3/c1-23-17-27-25(19-39-42-27)28(24(23)9-4-5-16-46-22-45)31-29(36)30-26(18-38-31)32(43-13-6-10-34(2,20-43)37-3)41-33(40-30)47-21-35-11-7-14-44(35)15-8-12-35/h4,9,17-19,22,37H,5-8,10-16,20-21H2,1-3H3,(H,39,42)/b9-4-/t34-/m1/s1. The zero-order chi connectivity index (χ0) is 32.6. The Hall–Kier alpha value is -4.16. The first kappa shape index (κ1) is 31.4. The van der Waals surface area contributed by atoms with E-state index in [2.05, 4.69) is 32.2 Å². The van der Waals surface area contributed by atoms with Crippen molar-refractivity contribution in [1.82, 2.24) is 35.4 Å². The number of nitrogens with one attached hydrogen (secondary N) is 2. The van der Waals surface area contributed by atoms with Gasteiger partial charge in [0.1, 0.15) is 23.6 Å². The maximum absolute atomic E-state index is 17.1. The molecule has 248 valence electrons.